The molecule has 158 valence electrons. The quantitative estimate of drug-likeness (QED) is 0.231. The van der Waals surface area contributed by atoms with Crippen molar-refractivity contribution in [2.45, 2.75) is 12.8 Å². The normalized spacial score (nSPS) is 11.0. The summed E-state index contributed by atoms with van der Waals surface area (Å²) in [5, 5.41) is 20.7. The maximum atomic E-state index is 11.8. The SMILES string of the molecule is O=[N+]([O-])c1c(Nc2ccc(-n3ccnc3CCc3ccsc3)cc2)ccc2ccccc12. The second-order valence-corrected chi connectivity index (χ2v) is 8.24. The van der Waals surface area contributed by atoms with Gasteiger partial charge in [-0.1, -0.05) is 24.3 Å². The van der Waals surface area contributed by atoms with Crippen LogP contribution >= 0.6 is 11.3 Å². The lowest BCUT2D eigenvalue weighted by atomic mass is 10.1. The van der Waals surface area contributed by atoms with Crippen LogP contribution in [0.15, 0.2) is 89.9 Å². The van der Waals surface area contributed by atoms with Crippen molar-refractivity contribution in [3.05, 3.63) is 111 Å². The van der Waals surface area contributed by atoms with Crippen LogP contribution in [0.4, 0.5) is 17.1 Å². The third kappa shape index (κ3) is 3.98. The molecule has 0 amide bonds. The summed E-state index contributed by atoms with van der Waals surface area (Å²) < 4.78 is 2.08. The van der Waals surface area contributed by atoms with E-state index in [1.54, 1.807) is 23.5 Å². The van der Waals surface area contributed by atoms with E-state index in [0.29, 0.717) is 11.1 Å². The van der Waals surface area contributed by atoms with Crippen LogP contribution in [-0.2, 0) is 12.8 Å². The number of benzene rings is 3. The average molecular weight is 441 g/mol. The molecular formula is C25H20N4O2S. The number of aromatic nitrogens is 2. The summed E-state index contributed by atoms with van der Waals surface area (Å²) in [6, 6.07) is 21.0. The lowest BCUT2D eigenvalue weighted by molar-refractivity contribution is -0.382. The minimum absolute atomic E-state index is 0.0810. The number of anilines is 2. The molecule has 0 saturated heterocycles. The van der Waals surface area contributed by atoms with Crippen LogP contribution in [0.1, 0.15) is 11.4 Å². The summed E-state index contributed by atoms with van der Waals surface area (Å²) in [7, 11) is 0. The second kappa shape index (κ2) is 8.64. The average Bonchev–Trinajstić information content (AvgIpc) is 3.50. The Kier molecular flexibility index (Phi) is 5.39. The zero-order valence-electron chi connectivity index (χ0n) is 17.1. The van der Waals surface area contributed by atoms with E-state index in [2.05, 4.69) is 31.7 Å². The monoisotopic (exact) mass is 440 g/mol. The number of rotatable bonds is 7. The zero-order valence-corrected chi connectivity index (χ0v) is 18.0. The van der Waals surface area contributed by atoms with Gasteiger partial charge in [-0.3, -0.25) is 10.1 Å². The van der Waals surface area contributed by atoms with Crippen LogP contribution in [0, 0.1) is 10.1 Å². The fourth-order valence-electron chi connectivity index (χ4n) is 3.86. The van der Waals surface area contributed by atoms with Crippen molar-refractivity contribution < 1.29 is 4.92 Å². The van der Waals surface area contributed by atoms with Gasteiger partial charge in [0.05, 0.1) is 10.3 Å². The molecule has 0 unspecified atom stereocenters. The molecule has 5 aromatic rings. The Morgan fingerprint density at radius 2 is 1.84 bits per heavy atom. The molecule has 0 aliphatic carbocycles. The largest absolute Gasteiger partial charge is 0.350 e. The number of nitrogens with one attached hydrogen (secondary N) is 1. The van der Waals surface area contributed by atoms with Crippen molar-refractivity contribution >= 4 is 39.2 Å². The predicted octanol–water partition coefficient (Wildman–Crippen LogP) is 6.52. The maximum Gasteiger partial charge on any atom is 0.300 e. The third-order valence-corrected chi connectivity index (χ3v) is 6.17. The van der Waals surface area contributed by atoms with Crippen LogP contribution in [0.25, 0.3) is 16.5 Å². The van der Waals surface area contributed by atoms with Gasteiger partial charge >= 0.3 is 0 Å². The number of aryl methyl sites for hydroxylation is 2. The molecule has 0 spiro atoms. The van der Waals surface area contributed by atoms with Gasteiger partial charge in [0, 0.05) is 30.2 Å². The molecule has 0 fully saturated rings. The number of fused-ring (bicyclic) bond motifs is 1. The predicted molar refractivity (Wildman–Crippen MR) is 129 cm³/mol. The van der Waals surface area contributed by atoms with Crippen LogP contribution < -0.4 is 5.32 Å². The molecule has 32 heavy (non-hydrogen) atoms. The van der Waals surface area contributed by atoms with E-state index < -0.39 is 0 Å². The fourth-order valence-corrected chi connectivity index (χ4v) is 4.56. The molecular weight excluding hydrogens is 420 g/mol. The fraction of sp³-hybridized carbons (Fsp3) is 0.0800. The van der Waals surface area contributed by atoms with Gasteiger partial charge in [-0.2, -0.15) is 11.3 Å². The Hall–Kier alpha value is -3.97. The molecule has 0 aliphatic heterocycles. The van der Waals surface area contributed by atoms with E-state index in [-0.39, 0.29) is 10.6 Å². The Morgan fingerprint density at radius 1 is 1.00 bits per heavy atom. The number of nitro groups is 1. The van der Waals surface area contributed by atoms with E-state index in [1.165, 1.54) is 5.56 Å². The summed E-state index contributed by atoms with van der Waals surface area (Å²) in [6.07, 6.45) is 5.58. The van der Waals surface area contributed by atoms with Gasteiger partial charge in [-0.15, -0.1) is 0 Å². The Morgan fingerprint density at radius 3 is 2.62 bits per heavy atom. The first-order valence-corrected chi connectivity index (χ1v) is 11.2. The summed E-state index contributed by atoms with van der Waals surface area (Å²) in [5.41, 5.74) is 3.66. The molecule has 2 heterocycles. The second-order valence-electron chi connectivity index (χ2n) is 7.46. The van der Waals surface area contributed by atoms with Crippen LogP contribution in [0.5, 0.6) is 0 Å². The van der Waals surface area contributed by atoms with E-state index in [9.17, 15) is 10.1 Å². The molecule has 3 aromatic carbocycles. The Balaban J connectivity index is 1.38. The first kappa shape index (κ1) is 20.0. The molecule has 0 aliphatic rings. The molecule has 0 bridgehead atoms. The van der Waals surface area contributed by atoms with Crippen molar-refractivity contribution in [2.24, 2.45) is 0 Å². The van der Waals surface area contributed by atoms with Gasteiger partial charge in [0.1, 0.15) is 11.5 Å². The molecule has 1 N–H and O–H groups in total. The molecule has 0 saturated carbocycles. The van der Waals surface area contributed by atoms with Crippen LogP contribution in [-0.4, -0.2) is 14.5 Å². The Bertz CT molecular complexity index is 1380. The van der Waals surface area contributed by atoms with Gasteiger partial charge in [0.15, 0.2) is 0 Å². The van der Waals surface area contributed by atoms with Crippen molar-refractivity contribution in [3.63, 3.8) is 0 Å². The lowest BCUT2D eigenvalue weighted by Gasteiger charge is -2.11. The number of hydrogen-bond donors (Lipinski definition) is 1. The highest BCUT2D eigenvalue weighted by Gasteiger charge is 2.18. The number of thiophene rings is 1. The summed E-state index contributed by atoms with van der Waals surface area (Å²) >= 11 is 1.71. The summed E-state index contributed by atoms with van der Waals surface area (Å²) in [5.74, 6) is 1.00. The zero-order chi connectivity index (χ0) is 21.9. The van der Waals surface area contributed by atoms with E-state index >= 15 is 0 Å². The molecule has 0 radical (unpaired) electrons. The third-order valence-electron chi connectivity index (χ3n) is 5.44. The molecule has 7 heteroatoms. The molecule has 5 rings (SSSR count). The summed E-state index contributed by atoms with van der Waals surface area (Å²) in [4.78, 5) is 16.0. The standard InChI is InChI=1S/C25H20N4O2S/c30-29(31)25-22-4-2-1-3-19(22)6-11-23(25)27-20-7-9-21(10-8-20)28-15-14-26-24(28)12-5-18-13-16-32-17-18/h1-4,6-11,13-17,27H,5,12H2. The number of nitrogens with zero attached hydrogens (tertiary/aromatic N) is 3. The van der Waals surface area contributed by atoms with Gasteiger partial charge in [-0.05, 0) is 70.6 Å². The number of imidazole rings is 1. The highest BCUT2D eigenvalue weighted by molar-refractivity contribution is 7.07. The number of nitro benzene ring substituents is 1. The van der Waals surface area contributed by atoms with Crippen molar-refractivity contribution in [2.75, 3.05) is 5.32 Å². The molecule has 2 aromatic heterocycles. The van der Waals surface area contributed by atoms with Gasteiger partial charge < -0.3 is 9.88 Å². The highest BCUT2D eigenvalue weighted by Crippen LogP contribution is 2.35. The summed E-state index contributed by atoms with van der Waals surface area (Å²) in [6.45, 7) is 0. The molecule has 6 nitrogen and oxygen atoms in total. The maximum absolute atomic E-state index is 11.8. The first-order chi connectivity index (χ1) is 15.7. The van der Waals surface area contributed by atoms with E-state index in [4.69, 9.17) is 0 Å². The van der Waals surface area contributed by atoms with Crippen molar-refractivity contribution in [1.82, 2.24) is 9.55 Å². The van der Waals surface area contributed by atoms with Crippen LogP contribution in [0.2, 0.25) is 0 Å². The van der Waals surface area contributed by atoms with E-state index in [0.717, 1.165) is 35.4 Å². The van der Waals surface area contributed by atoms with Gasteiger partial charge in [-0.25, -0.2) is 4.98 Å². The van der Waals surface area contributed by atoms with Gasteiger partial charge in [0.2, 0.25) is 0 Å². The minimum atomic E-state index is -0.329. The van der Waals surface area contributed by atoms with Gasteiger partial charge in [0.25, 0.3) is 5.69 Å². The Labute approximate surface area is 188 Å². The lowest BCUT2D eigenvalue weighted by Crippen LogP contribution is -2.03. The van der Waals surface area contributed by atoms with Crippen molar-refractivity contribution in [1.29, 1.82) is 0 Å². The topological polar surface area (TPSA) is 73.0 Å². The van der Waals surface area contributed by atoms with Crippen molar-refractivity contribution in [3.8, 4) is 5.69 Å². The highest BCUT2D eigenvalue weighted by atomic mass is 32.1. The first-order valence-electron chi connectivity index (χ1n) is 10.3. The van der Waals surface area contributed by atoms with Crippen LogP contribution in [0.3, 0.4) is 0 Å². The minimum Gasteiger partial charge on any atom is -0.350 e. The van der Waals surface area contributed by atoms with E-state index in [1.807, 2.05) is 60.9 Å². The smallest absolute Gasteiger partial charge is 0.300 e. The number of hydrogen-bond acceptors (Lipinski definition) is 5. The molecule has 0 atom stereocenters.